The van der Waals surface area contributed by atoms with Crippen molar-refractivity contribution >= 4 is 46.2 Å². The predicted octanol–water partition coefficient (Wildman–Crippen LogP) is 4.31. The average Bonchev–Trinajstić information content (AvgIpc) is 3.27. The summed E-state index contributed by atoms with van der Waals surface area (Å²) in [5, 5.41) is 7.83. The number of carbonyl (C=O) groups is 1. The number of carbonyl (C=O) groups excluding carboxylic acids is 1. The van der Waals surface area contributed by atoms with Crippen molar-refractivity contribution in [1.82, 2.24) is 19.3 Å². The summed E-state index contributed by atoms with van der Waals surface area (Å²) in [6, 6.07) is 17.7. The number of aryl methyl sites for hydroxylation is 2. The van der Waals surface area contributed by atoms with Crippen LogP contribution in [-0.4, -0.2) is 37.2 Å². The van der Waals surface area contributed by atoms with Crippen LogP contribution in [-0.2, 0) is 24.3 Å². The van der Waals surface area contributed by atoms with Crippen LogP contribution in [0.25, 0.3) is 11.0 Å². The third-order valence-corrected chi connectivity index (χ3v) is 6.82. The van der Waals surface area contributed by atoms with Crippen molar-refractivity contribution in [3.8, 4) is 0 Å². The van der Waals surface area contributed by atoms with Crippen molar-refractivity contribution in [2.45, 2.75) is 36.5 Å². The van der Waals surface area contributed by atoms with Crippen molar-refractivity contribution in [3.05, 3.63) is 76.7 Å². The number of rotatable bonds is 9. The Bertz CT molecular complexity index is 1320. The number of hydrogen-bond donors (Lipinski definition) is 1. The third kappa shape index (κ3) is 5.66. The molecule has 4 aromatic rings. The Morgan fingerprint density at radius 3 is 2.70 bits per heavy atom. The topological polar surface area (TPSA) is 81.8 Å². The molecule has 0 aliphatic heterocycles. The Morgan fingerprint density at radius 1 is 1.12 bits per heavy atom. The van der Waals surface area contributed by atoms with Crippen LogP contribution >= 0.6 is 23.5 Å². The highest BCUT2D eigenvalue weighted by Crippen LogP contribution is 2.21. The first-order chi connectivity index (χ1) is 16.1. The highest BCUT2D eigenvalue weighted by atomic mass is 32.2. The van der Waals surface area contributed by atoms with Gasteiger partial charge >= 0.3 is 0 Å². The lowest BCUT2D eigenvalue weighted by molar-refractivity contribution is -0.113. The Kier molecular flexibility index (Phi) is 7.51. The van der Waals surface area contributed by atoms with Gasteiger partial charge < -0.3 is 5.32 Å². The van der Waals surface area contributed by atoms with E-state index in [1.54, 1.807) is 27.2 Å². The zero-order chi connectivity index (χ0) is 23.2. The van der Waals surface area contributed by atoms with Crippen molar-refractivity contribution in [2.24, 2.45) is 0 Å². The van der Waals surface area contributed by atoms with Gasteiger partial charge in [0, 0.05) is 23.7 Å². The number of thioether (sulfide) groups is 2. The van der Waals surface area contributed by atoms with Crippen LogP contribution in [0.1, 0.15) is 12.5 Å². The molecule has 9 heteroatoms. The molecule has 4 rings (SSSR count). The first-order valence-electron chi connectivity index (χ1n) is 10.7. The van der Waals surface area contributed by atoms with Gasteiger partial charge in [0.1, 0.15) is 5.52 Å². The zero-order valence-corrected chi connectivity index (χ0v) is 20.2. The molecule has 170 valence electrons. The van der Waals surface area contributed by atoms with Crippen LogP contribution in [0.3, 0.4) is 0 Å². The molecule has 0 bridgehead atoms. The molecule has 1 amide bonds. The molecule has 0 radical (unpaired) electrons. The molecule has 0 aliphatic carbocycles. The van der Waals surface area contributed by atoms with Gasteiger partial charge in [-0.25, -0.2) is 4.98 Å². The highest BCUT2D eigenvalue weighted by Gasteiger charge is 2.16. The van der Waals surface area contributed by atoms with Gasteiger partial charge in [0.05, 0.1) is 11.9 Å². The zero-order valence-electron chi connectivity index (χ0n) is 18.5. The summed E-state index contributed by atoms with van der Waals surface area (Å²) in [7, 11) is 0. The number of hydrogen-bond acceptors (Lipinski definition) is 6. The van der Waals surface area contributed by atoms with Crippen LogP contribution in [0.5, 0.6) is 0 Å². The Balaban J connectivity index is 1.56. The molecule has 7 nitrogen and oxygen atoms in total. The minimum atomic E-state index is -0.182. The first kappa shape index (κ1) is 23.1. The summed E-state index contributed by atoms with van der Waals surface area (Å²) in [5.74, 6) is 0.000719. The van der Waals surface area contributed by atoms with E-state index in [0.29, 0.717) is 35.7 Å². The van der Waals surface area contributed by atoms with Crippen LogP contribution in [0, 0.1) is 0 Å². The molecule has 0 spiro atoms. The maximum absolute atomic E-state index is 13.2. The molecule has 0 saturated heterocycles. The minimum Gasteiger partial charge on any atom is -0.325 e. The summed E-state index contributed by atoms with van der Waals surface area (Å²) < 4.78 is 3.34. The molecule has 2 aromatic heterocycles. The summed E-state index contributed by atoms with van der Waals surface area (Å²) in [6.45, 7) is 3.08. The van der Waals surface area contributed by atoms with Crippen molar-refractivity contribution in [3.63, 3.8) is 0 Å². The number of fused-ring (bicyclic) bond motifs is 1. The monoisotopic (exact) mass is 479 g/mol. The number of benzene rings is 2. The number of amides is 1. The lowest BCUT2D eigenvalue weighted by Crippen LogP contribution is -2.25. The fourth-order valence-electron chi connectivity index (χ4n) is 3.41. The normalized spacial score (nSPS) is 11.1. The minimum absolute atomic E-state index is 0.147. The number of anilines is 1. The van der Waals surface area contributed by atoms with Gasteiger partial charge in [-0.3, -0.25) is 18.8 Å². The number of nitrogens with zero attached hydrogens (tertiary/aromatic N) is 4. The van der Waals surface area contributed by atoms with E-state index in [2.05, 4.69) is 15.4 Å². The second kappa shape index (κ2) is 10.7. The maximum Gasteiger partial charge on any atom is 0.282 e. The second-order valence-corrected chi connectivity index (χ2v) is 9.20. The summed E-state index contributed by atoms with van der Waals surface area (Å²) in [5.41, 5.74) is 2.60. The molecule has 0 fully saturated rings. The maximum atomic E-state index is 13.2. The Hall–Kier alpha value is -3.04. The van der Waals surface area contributed by atoms with E-state index >= 15 is 0 Å². The predicted molar refractivity (Wildman–Crippen MR) is 135 cm³/mol. The molecule has 0 unspecified atom stereocenters. The van der Waals surface area contributed by atoms with Crippen LogP contribution < -0.4 is 10.9 Å². The standard InChI is InChI=1S/C24H25N5O2S2/c1-3-28-15-20-22(27-28)23(31)29(13-12-17-8-5-4-6-9-17)24(26-20)33-16-21(30)25-18-10-7-11-19(14-18)32-2/h4-11,14-15H,3,12-13,16H2,1-2H3,(H,25,30). The van der Waals surface area contributed by atoms with Gasteiger partial charge in [0.2, 0.25) is 5.91 Å². The van der Waals surface area contributed by atoms with Gasteiger partial charge in [0.25, 0.3) is 5.56 Å². The van der Waals surface area contributed by atoms with E-state index in [1.165, 1.54) is 11.8 Å². The highest BCUT2D eigenvalue weighted by molar-refractivity contribution is 7.99. The number of nitrogens with one attached hydrogen (secondary N) is 1. The van der Waals surface area contributed by atoms with Gasteiger partial charge in [0.15, 0.2) is 10.7 Å². The van der Waals surface area contributed by atoms with Gasteiger partial charge in [-0.1, -0.05) is 48.2 Å². The van der Waals surface area contributed by atoms with Crippen molar-refractivity contribution < 1.29 is 4.79 Å². The van der Waals surface area contributed by atoms with Crippen LogP contribution in [0.2, 0.25) is 0 Å². The molecular formula is C24H25N5O2S2. The fraction of sp³-hybridized carbons (Fsp3) is 0.250. The van der Waals surface area contributed by atoms with Crippen molar-refractivity contribution in [2.75, 3.05) is 17.3 Å². The molecule has 0 atom stereocenters. The third-order valence-electron chi connectivity index (χ3n) is 5.11. The van der Waals surface area contributed by atoms with E-state index in [9.17, 15) is 9.59 Å². The van der Waals surface area contributed by atoms with Gasteiger partial charge in [-0.2, -0.15) is 5.10 Å². The molecule has 0 saturated carbocycles. The quantitative estimate of drug-likeness (QED) is 0.285. The molecule has 2 heterocycles. The smallest absolute Gasteiger partial charge is 0.282 e. The SMILES string of the molecule is CCn1cc2nc(SCC(=O)Nc3cccc(SC)c3)n(CCc3ccccc3)c(=O)c2n1. The van der Waals surface area contributed by atoms with Crippen LogP contribution in [0.4, 0.5) is 5.69 Å². The average molecular weight is 480 g/mol. The van der Waals surface area contributed by atoms with E-state index in [-0.39, 0.29) is 17.2 Å². The Morgan fingerprint density at radius 2 is 1.94 bits per heavy atom. The van der Waals surface area contributed by atoms with Crippen molar-refractivity contribution in [1.29, 1.82) is 0 Å². The first-order valence-corrected chi connectivity index (χ1v) is 12.9. The lowest BCUT2D eigenvalue weighted by atomic mass is 10.1. The molecule has 33 heavy (non-hydrogen) atoms. The number of aromatic nitrogens is 4. The fourth-order valence-corrected chi connectivity index (χ4v) is 4.69. The van der Waals surface area contributed by atoms with E-state index in [1.807, 2.05) is 67.8 Å². The van der Waals surface area contributed by atoms with E-state index < -0.39 is 0 Å². The molecular weight excluding hydrogens is 454 g/mol. The van der Waals surface area contributed by atoms with E-state index in [0.717, 1.165) is 16.1 Å². The Labute approximate surface area is 200 Å². The summed E-state index contributed by atoms with van der Waals surface area (Å²) >= 11 is 2.88. The summed E-state index contributed by atoms with van der Waals surface area (Å²) in [6.07, 6.45) is 4.45. The van der Waals surface area contributed by atoms with E-state index in [4.69, 9.17) is 0 Å². The molecule has 0 aliphatic rings. The van der Waals surface area contributed by atoms with Gasteiger partial charge in [-0.05, 0) is 43.4 Å². The molecule has 2 aromatic carbocycles. The largest absolute Gasteiger partial charge is 0.325 e. The second-order valence-electron chi connectivity index (χ2n) is 7.37. The molecule has 1 N–H and O–H groups in total. The van der Waals surface area contributed by atoms with Crippen LogP contribution in [0.15, 0.2) is 75.6 Å². The summed E-state index contributed by atoms with van der Waals surface area (Å²) in [4.78, 5) is 31.6. The van der Waals surface area contributed by atoms with Gasteiger partial charge in [-0.15, -0.1) is 11.8 Å². The lowest BCUT2D eigenvalue weighted by Gasteiger charge is -2.12.